The lowest BCUT2D eigenvalue weighted by atomic mass is 9.79. The summed E-state index contributed by atoms with van der Waals surface area (Å²) in [5.74, 6) is 0.298. The SMILES string of the molecule is NCC(Nc1cc(F)cc(Cl)c1)C1CCC1. The van der Waals surface area contributed by atoms with E-state index in [1.165, 1.54) is 31.4 Å². The second-order valence-corrected chi connectivity index (χ2v) is 4.77. The Labute approximate surface area is 100.0 Å². The molecule has 1 unspecified atom stereocenters. The normalized spacial score (nSPS) is 17.9. The summed E-state index contributed by atoms with van der Waals surface area (Å²) < 4.78 is 13.1. The predicted octanol–water partition coefficient (Wildman–Crippen LogP) is 3.02. The van der Waals surface area contributed by atoms with Crippen LogP contribution in [0.1, 0.15) is 19.3 Å². The summed E-state index contributed by atoms with van der Waals surface area (Å²) in [5.41, 5.74) is 6.43. The molecule has 1 saturated carbocycles. The first-order valence-corrected chi connectivity index (χ1v) is 5.99. The van der Waals surface area contributed by atoms with Gasteiger partial charge in [-0.1, -0.05) is 18.0 Å². The Morgan fingerprint density at radius 1 is 1.44 bits per heavy atom. The molecule has 88 valence electrons. The lowest BCUT2D eigenvalue weighted by Crippen LogP contribution is -2.39. The fourth-order valence-corrected chi connectivity index (χ4v) is 2.28. The topological polar surface area (TPSA) is 38.0 Å². The van der Waals surface area contributed by atoms with E-state index in [0.717, 1.165) is 0 Å². The highest BCUT2D eigenvalue weighted by atomic mass is 35.5. The average molecular weight is 243 g/mol. The van der Waals surface area contributed by atoms with Crippen LogP contribution < -0.4 is 11.1 Å². The summed E-state index contributed by atoms with van der Waals surface area (Å²) in [6.07, 6.45) is 3.68. The zero-order chi connectivity index (χ0) is 11.5. The Bertz CT molecular complexity index is 346. The van der Waals surface area contributed by atoms with Gasteiger partial charge >= 0.3 is 0 Å². The largest absolute Gasteiger partial charge is 0.381 e. The van der Waals surface area contributed by atoms with Gasteiger partial charge in [-0.25, -0.2) is 4.39 Å². The standard InChI is InChI=1S/C12H16ClFN2/c13-9-4-10(14)6-11(5-9)16-12(7-15)8-2-1-3-8/h4-6,8,12,16H,1-3,7,15H2. The number of nitrogens with two attached hydrogens (primary N) is 1. The molecule has 3 N–H and O–H groups in total. The van der Waals surface area contributed by atoms with Crippen molar-refractivity contribution < 1.29 is 4.39 Å². The highest BCUT2D eigenvalue weighted by molar-refractivity contribution is 6.30. The van der Waals surface area contributed by atoms with Gasteiger partial charge in [0.15, 0.2) is 0 Å². The Balaban J connectivity index is 2.05. The molecule has 2 nitrogen and oxygen atoms in total. The fourth-order valence-electron chi connectivity index (χ4n) is 2.06. The van der Waals surface area contributed by atoms with E-state index < -0.39 is 0 Å². The minimum Gasteiger partial charge on any atom is -0.381 e. The van der Waals surface area contributed by atoms with Crippen LogP contribution in [0.5, 0.6) is 0 Å². The quantitative estimate of drug-likeness (QED) is 0.852. The highest BCUT2D eigenvalue weighted by Gasteiger charge is 2.26. The monoisotopic (exact) mass is 242 g/mol. The number of hydrogen-bond acceptors (Lipinski definition) is 2. The van der Waals surface area contributed by atoms with Crippen molar-refractivity contribution in [2.75, 3.05) is 11.9 Å². The van der Waals surface area contributed by atoms with Crippen LogP contribution in [0.15, 0.2) is 18.2 Å². The molecule has 4 heteroatoms. The van der Waals surface area contributed by atoms with Gasteiger partial charge in [-0.05, 0) is 37.0 Å². The minimum atomic E-state index is -0.320. The second kappa shape index (κ2) is 5.02. The second-order valence-electron chi connectivity index (χ2n) is 4.34. The molecule has 1 aromatic carbocycles. The fraction of sp³-hybridized carbons (Fsp3) is 0.500. The van der Waals surface area contributed by atoms with Crippen molar-refractivity contribution in [3.05, 3.63) is 29.0 Å². The van der Waals surface area contributed by atoms with Crippen LogP contribution in [0, 0.1) is 11.7 Å². The van der Waals surface area contributed by atoms with Gasteiger partial charge in [0.25, 0.3) is 0 Å². The van der Waals surface area contributed by atoms with E-state index in [4.69, 9.17) is 17.3 Å². The Morgan fingerprint density at radius 2 is 2.19 bits per heavy atom. The molecular formula is C12H16ClFN2. The summed E-state index contributed by atoms with van der Waals surface area (Å²) in [5, 5.41) is 3.67. The summed E-state index contributed by atoms with van der Waals surface area (Å²) in [7, 11) is 0. The molecule has 0 radical (unpaired) electrons. The molecule has 1 aromatic rings. The maximum absolute atomic E-state index is 13.1. The van der Waals surface area contributed by atoms with Gasteiger partial charge in [-0.15, -0.1) is 0 Å². The van der Waals surface area contributed by atoms with E-state index in [-0.39, 0.29) is 11.9 Å². The first kappa shape index (κ1) is 11.7. The summed E-state index contributed by atoms with van der Waals surface area (Å²) in [6.45, 7) is 0.568. The van der Waals surface area contributed by atoms with Crippen molar-refractivity contribution >= 4 is 17.3 Å². The van der Waals surface area contributed by atoms with Gasteiger partial charge in [-0.2, -0.15) is 0 Å². The Hall–Kier alpha value is -0.800. The van der Waals surface area contributed by atoms with Crippen LogP contribution in [0.25, 0.3) is 0 Å². The lowest BCUT2D eigenvalue weighted by molar-refractivity contribution is 0.277. The van der Waals surface area contributed by atoms with Crippen molar-refractivity contribution in [3.63, 3.8) is 0 Å². The van der Waals surface area contributed by atoms with Gasteiger partial charge in [0, 0.05) is 23.3 Å². The molecule has 1 aliphatic carbocycles. The van der Waals surface area contributed by atoms with Crippen molar-refractivity contribution in [1.82, 2.24) is 0 Å². The van der Waals surface area contributed by atoms with E-state index in [2.05, 4.69) is 5.32 Å². The van der Waals surface area contributed by atoms with Crippen LogP contribution in [0.2, 0.25) is 5.02 Å². The molecule has 0 bridgehead atoms. The van der Waals surface area contributed by atoms with Gasteiger partial charge in [-0.3, -0.25) is 0 Å². The number of rotatable bonds is 4. The third-order valence-corrected chi connectivity index (χ3v) is 3.41. The first-order chi connectivity index (χ1) is 7.69. The van der Waals surface area contributed by atoms with Crippen LogP contribution in [0.4, 0.5) is 10.1 Å². The van der Waals surface area contributed by atoms with Gasteiger partial charge in [0.2, 0.25) is 0 Å². The number of benzene rings is 1. The molecule has 16 heavy (non-hydrogen) atoms. The van der Waals surface area contributed by atoms with E-state index in [1.807, 2.05) is 0 Å². The molecule has 2 rings (SSSR count). The predicted molar refractivity (Wildman–Crippen MR) is 65.2 cm³/mol. The molecule has 0 spiro atoms. The van der Waals surface area contributed by atoms with E-state index in [1.54, 1.807) is 6.07 Å². The van der Waals surface area contributed by atoms with E-state index >= 15 is 0 Å². The first-order valence-electron chi connectivity index (χ1n) is 5.62. The maximum atomic E-state index is 13.1. The van der Waals surface area contributed by atoms with Crippen LogP contribution >= 0.6 is 11.6 Å². The molecule has 0 amide bonds. The van der Waals surface area contributed by atoms with Crippen molar-refractivity contribution in [3.8, 4) is 0 Å². The summed E-state index contributed by atoms with van der Waals surface area (Å²) >= 11 is 5.79. The molecule has 0 aromatic heterocycles. The molecule has 1 aliphatic rings. The number of anilines is 1. The maximum Gasteiger partial charge on any atom is 0.126 e. The minimum absolute atomic E-state index is 0.228. The Kier molecular flexibility index (Phi) is 3.66. The van der Waals surface area contributed by atoms with Gasteiger partial charge in [0.05, 0.1) is 0 Å². The van der Waals surface area contributed by atoms with Crippen molar-refractivity contribution in [2.24, 2.45) is 11.7 Å². The van der Waals surface area contributed by atoms with E-state index in [9.17, 15) is 4.39 Å². The zero-order valence-electron chi connectivity index (χ0n) is 9.05. The zero-order valence-corrected chi connectivity index (χ0v) is 9.80. The van der Waals surface area contributed by atoms with Crippen LogP contribution in [0.3, 0.4) is 0 Å². The molecular weight excluding hydrogens is 227 g/mol. The molecule has 0 heterocycles. The number of halogens is 2. The third kappa shape index (κ3) is 2.66. The van der Waals surface area contributed by atoms with Crippen LogP contribution in [-0.2, 0) is 0 Å². The van der Waals surface area contributed by atoms with Gasteiger partial charge < -0.3 is 11.1 Å². The number of hydrogen-bond donors (Lipinski definition) is 2. The van der Waals surface area contributed by atoms with Gasteiger partial charge in [0.1, 0.15) is 5.82 Å². The number of nitrogens with one attached hydrogen (secondary N) is 1. The molecule has 1 atom stereocenters. The smallest absolute Gasteiger partial charge is 0.126 e. The summed E-state index contributed by atoms with van der Waals surface area (Å²) in [4.78, 5) is 0. The highest BCUT2D eigenvalue weighted by Crippen LogP contribution is 2.31. The van der Waals surface area contributed by atoms with Crippen molar-refractivity contribution in [2.45, 2.75) is 25.3 Å². The van der Waals surface area contributed by atoms with E-state index in [0.29, 0.717) is 23.2 Å². The molecule has 0 aliphatic heterocycles. The Morgan fingerprint density at radius 3 is 2.69 bits per heavy atom. The molecule has 0 saturated heterocycles. The lowest BCUT2D eigenvalue weighted by Gasteiger charge is -2.34. The average Bonchev–Trinajstić information content (AvgIpc) is 2.12. The van der Waals surface area contributed by atoms with Crippen LogP contribution in [-0.4, -0.2) is 12.6 Å². The third-order valence-electron chi connectivity index (χ3n) is 3.19. The molecule has 1 fully saturated rings. The van der Waals surface area contributed by atoms with Crippen molar-refractivity contribution in [1.29, 1.82) is 0 Å². The summed E-state index contributed by atoms with van der Waals surface area (Å²) in [6, 6.07) is 4.71.